The van der Waals surface area contributed by atoms with Crippen LogP contribution in [0.3, 0.4) is 0 Å². The van der Waals surface area contributed by atoms with Crippen molar-refractivity contribution in [3.8, 4) is 0 Å². The maximum atomic E-state index is 5.43. The fourth-order valence-electron chi connectivity index (χ4n) is 3.03. The number of H-pyrrole nitrogens is 1. The summed E-state index contributed by atoms with van der Waals surface area (Å²) in [5.74, 6) is 1.08. The number of benzene rings is 1. The number of aromatic nitrogens is 2. The Morgan fingerprint density at radius 2 is 1.95 bits per heavy atom. The first-order valence-corrected chi connectivity index (χ1v) is 7.74. The van der Waals surface area contributed by atoms with E-state index >= 15 is 0 Å². The molecule has 1 aliphatic rings. The molecule has 0 amide bonds. The lowest BCUT2D eigenvalue weighted by molar-refractivity contribution is 0.0290. The van der Waals surface area contributed by atoms with Crippen molar-refractivity contribution in [1.29, 1.82) is 0 Å². The van der Waals surface area contributed by atoms with Crippen LogP contribution in [0.1, 0.15) is 30.8 Å². The van der Waals surface area contributed by atoms with Gasteiger partial charge in [0.2, 0.25) is 0 Å². The van der Waals surface area contributed by atoms with Crippen molar-refractivity contribution in [3.63, 3.8) is 0 Å². The van der Waals surface area contributed by atoms with E-state index in [9.17, 15) is 0 Å². The summed E-state index contributed by atoms with van der Waals surface area (Å²) >= 11 is 0. The topological polar surface area (TPSA) is 41.2 Å². The molecular formula is C17H25N3O. The van der Waals surface area contributed by atoms with Crippen LogP contribution in [0.2, 0.25) is 0 Å². The molecule has 0 saturated carbocycles. The van der Waals surface area contributed by atoms with E-state index in [1.54, 1.807) is 0 Å². The van der Waals surface area contributed by atoms with Crippen LogP contribution in [0.4, 0.5) is 0 Å². The zero-order valence-corrected chi connectivity index (χ0v) is 13.5. The molecule has 1 aromatic heterocycles. The predicted molar refractivity (Wildman–Crippen MR) is 85.9 cm³/mol. The third kappa shape index (κ3) is 2.83. The summed E-state index contributed by atoms with van der Waals surface area (Å²) < 4.78 is 5.43. The van der Waals surface area contributed by atoms with E-state index in [4.69, 9.17) is 9.72 Å². The van der Waals surface area contributed by atoms with Gasteiger partial charge < -0.3 is 9.72 Å². The molecule has 1 aromatic carbocycles. The van der Waals surface area contributed by atoms with Crippen molar-refractivity contribution in [2.75, 3.05) is 32.8 Å². The highest BCUT2D eigenvalue weighted by Crippen LogP contribution is 2.27. The van der Waals surface area contributed by atoms with Crippen LogP contribution >= 0.6 is 0 Å². The van der Waals surface area contributed by atoms with E-state index < -0.39 is 0 Å². The van der Waals surface area contributed by atoms with Gasteiger partial charge in [-0.1, -0.05) is 19.9 Å². The van der Waals surface area contributed by atoms with Crippen molar-refractivity contribution < 1.29 is 4.74 Å². The highest BCUT2D eigenvalue weighted by Gasteiger charge is 2.28. The van der Waals surface area contributed by atoms with Gasteiger partial charge in [-0.2, -0.15) is 0 Å². The molecule has 2 heterocycles. The first-order chi connectivity index (χ1) is 9.97. The molecule has 2 aromatic rings. The summed E-state index contributed by atoms with van der Waals surface area (Å²) in [6.45, 7) is 13.5. The average Bonchev–Trinajstić information content (AvgIpc) is 2.89. The second-order valence-electron chi connectivity index (χ2n) is 6.76. The number of rotatable bonds is 3. The maximum absolute atomic E-state index is 5.43. The van der Waals surface area contributed by atoms with Crippen LogP contribution in [-0.4, -0.2) is 47.7 Å². The van der Waals surface area contributed by atoms with E-state index in [1.807, 2.05) is 0 Å². The van der Waals surface area contributed by atoms with E-state index in [1.165, 1.54) is 11.1 Å². The van der Waals surface area contributed by atoms with Gasteiger partial charge in [0, 0.05) is 25.0 Å². The third-order valence-corrected chi connectivity index (χ3v) is 4.54. The molecule has 4 nitrogen and oxygen atoms in total. The molecule has 0 spiro atoms. The molecule has 3 rings (SSSR count). The van der Waals surface area contributed by atoms with Gasteiger partial charge in [-0.15, -0.1) is 0 Å². The number of nitrogens with one attached hydrogen (secondary N) is 1. The molecule has 0 radical (unpaired) electrons. The number of ether oxygens (including phenoxy) is 1. The van der Waals surface area contributed by atoms with Gasteiger partial charge in [0.15, 0.2) is 0 Å². The molecule has 1 saturated heterocycles. The summed E-state index contributed by atoms with van der Waals surface area (Å²) in [6.07, 6.45) is 0. The van der Waals surface area contributed by atoms with Crippen LogP contribution in [0, 0.1) is 13.8 Å². The summed E-state index contributed by atoms with van der Waals surface area (Å²) in [4.78, 5) is 10.9. The smallest absolute Gasteiger partial charge is 0.114 e. The van der Waals surface area contributed by atoms with Crippen molar-refractivity contribution in [2.24, 2.45) is 0 Å². The van der Waals surface area contributed by atoms with Crippen LogP contribution in [-0.2, 0) is 10.2 Å². The lowest BCUT2D eigenvalue weighted by Gasteiger charge is -2.33. The van der Waals surface area contributed by atoms with Crippen LogP contribution in [0.5, 0.6) is 0 Å². The Labute approximate surface area is 126 Å². The SMILES string of the molecule is Cc1ccc2[nH]c(C(C)(C)CN3CCOCC3)nc2c1C. The fraction of sp³-hybridized carbons (Fsp3) is 0.588. The summed E-state index contributed by atoms with van der Waals surface area (Å²) in [5.41, 5.74) is 4.84. The molecule has 0 aliphatic carbocycles. The molecule has 1 N–H and O–H groups in total. The second-order valence-corrected chi connectivity index (χ2v) is 6.76. The Kier molecular flexibility index (Phi) is 3.76. The van der Waals surface area contributed by atoms with Crippen molar-refractivity contribution >= 4 is 11.0 Å². The highest BCUT2D eigenvalue weighted by molar-refractivity contribution is 5.80. The number of morpholine rings is 1. The zero-order chi connectivity index (χ0) is 15.0. The third-order valence-electron chi connectivity index (χ3n) is 4.54. The van der Waals surface area contributed by atoms with Gasteiger partial charge in [-0.3, -0.25) is 4.90 Å². The molecule has 1 aliphatic heterocycles. The number of aromatic amines is 1. The molecule has 1 fully saturated rings. The van der Waals surface area contributed by atoms with Gasteiger partial charge in [0.1, 0.15) is 5.82 Å². The van der Waals surface area contributed by atoms with Crippen molar-refractivity contribution in [1.82, 2.24) is 14.9 Å². The second kappa shape index (κ2) is 5.43. The monoisotopic (exact) mass is 287 g/mol. The first-order valence-electron chi connectivity index (χ1n) is 7.74. The van der Waals surface area contributed by atoms with E-state index in [0.29, 0.717) is 0 Å². The predicted octanol–water partition coefficient (Wildman–Crippen LogP) is 2.79. The van der Waals surface area contributed by atoms with Crippen LogP contribution in [0.25, 0.3) is 11.0 Å². The summed E-state index contributed by atoms with van der Waals surface area (Å²) in [7, 11) is 0. The summed E-state index contributed by atoms with van der Waals surface area (Å²) in [6, 6.07) is 4.30. The molecule has 114 valence electrons. The molecular weight excluding hydrogens is 262 g/mol. The number of hydrogen-bond donors (Lipinski definition) is 1. The highest BCUT2D eigenvalue weighted by atomic mass is 16.5. The van der Waals surface area contributed by atoms with Gasteiger partial charge in [-0.25, -0.2) is 4.98 Å². The summed E-state index contributed by atoms with van der Waals surface area (Å²) in [5, 5.41) is 0. The molecule has 4 heteroatoms. The minimum Gasteiger partial charge on any atom is -0.379 e. The van der Waals surface area contributed by atoms with Crippen LogP contribution < -0.4 is 0 Å². The Balaban J connectivity index is 1.89. The Morgan fingerprint density at radius 1 is 1.24 bits per heavy atom. The first kappa shape index (κ1) is 14.5. The zero-order valence-electron chi connectivity index (χ0n) is 13.5. The van der Waals surface area contributed by atoms with Crippen molar-refractivity contribution in [3.05, 3.63) is 29.1 Å². The van der Waals surface area contributed by atoms with Gasteiger partial charge >= 0.3 is 0 Å². The lowest BCUT2D eigenvalue weighted by atomic mass is 9.91. The standard InChI is InChI=1S/C17H25N3O/c1-12-5-6-14-15(13(12)2)19-16(18-14)17(3,4)11-20-7-9-21-10-8-20/h5-6H,7-11H2,1-4H3,(H,18,19). The minimum atomic E-state index is 0.0106. The van der Waals surface area contributed by atoms with Gasteiger partial charge in [-0.05, 0) is 31.0 Å². The van der Waals surface area contributed by atoms with Gasteiger partial charge in [0.05, 0.1) is 24.2 Å². The van der Waals surface area contributed by atoms with E-state index in [-0.39, 0.29) is 5.41 Å². The maximum Gasteiger partial charge on any atom is 0.114 e. The average molecular weight is 287 g/mol. The molecule has 0 atom stereocenters. The Morgan fingerprint density at radius 3 is 2.67 bits per heavy atom. The number of hydrogen-bond acceptors (Lipinski definition) is 3. The van der Waals surface area contributed by atoms with Crippen molar-refractivity contribution in [2.45, 2.75) is 33.1 Å². The lowest BCUT2D eigenvalue weighted by Crippen LogP contribution is -2.43. The van der Waals surface area contributed by atoms with E-state index in [2.05, 4.69) is 49.7 Å². The minimum absolute atomic E-state index is 0.0106. The number of nitrogens with zero attached hydrogens (tertiary/aromatic N) is 2. The Hall–Kier alpha value is -1.39. The number of fused-ring (bicyclic) bond motifs is 1. The number of aryl methyl sites for hydroxylation is 2. The largest absolute Gasteiger partial charge is 0.379 e. The van der Waals surface area contributed by atoms with Crippen LogP contribution in [0.15, 0.2) is 12.1 Å². The Bertz CT molecular complexity index is 639. The fourth-order valence-corrected chi connectivity index (χ4v) is 3.03. The molecule has 0 unspecified atom stereocenters. The molecule has 0 bridgehead atoms. The number of imidazole rings is 1. The molecule has 21 heavy (non-hydrogen) atoms. The van der Waals surface area contributed by atoms with E-state index in [0.717, 1.165) is 49.7 Å². The van der Waals surface area contributed by atoms with Gasteiger partial charge in [0.25, 0.3) is 0 Å². The normalized spacial score (nSPS) is 17.5. The quantitative estimate of drug-likeness (QED) is 0.944.